The number of ether oxygens (including phenoxy) is 2. The summed E-state index contributed by atoms with van der Waals surface area (Å²) in [5.41, 5.74) is 2.49. The van der Waals surface area contributed by atoms with Gasteiger partial charge in [-0.25, -0.2) is 9.78 Å². The number of ketones is 1. The zero-order valence-electron chi connectivity index (χ0n) is 23.3. The van der Waals surface area contributed by atoms with Crippen LogP contribution < -0.4 is 4.90 Å². The zero-order valence-corrected chi connectivity index (χ0v) is 24.1. The van der Waals surface area contributed by atoms with Crippen LogP contribution in [0.1, 0.15) is 48.8 Å². The molecule has 4 heterocycles. The Kier molecular flexibility index (Phi) is 8.21. The molecule has 39 heavy (non-hydrogen) atoms. The number of piperazine rings is 1. The first kappa shape index (κ1) is 27.6. The van der Waals surface area contributed by atoms with Crippen molar-refractivity contribution in [3.8, 4) is 0 Å². The molecule has 1 aromatic carbocycles. The summed E-state index contributed by atoms with van der Waals surface area (Å²) in [5, 5.41) is 1.93. The third-order valence-electron chi connectivity index (χ3n) is 7.35. The SMILES string of the molecule is CN1CCN(c2ncc(C(=O)CC(Cc3cn(C(=O)OC(C)(C)C)c4ccccc34)C3=CCOCC3)s2)CC1. The van der Waals surface area contributed by atoms with Gasteiger partial charge in [-0.2, -0.15) is 0 Å². The molecule has 9 heteroatoms. The van der Waals surface area contributed by atoms with Crippen molar-refractivity contribution in [3.63, 3.8) is 0 Å². The van der Waals surface area contributed by atoms with E-state index < -0.39 is 11.7 Å². The number of nitrogens with zero attached hydrogens (tertiary/aromatic N) is 4. The standard InChI is InChI=1S/C30H38N4O4S/c1-30(2,3)38-29(36)34-20-23(24-7-5-6-8-25(24)34)17-22(21-9-15-37-16-10-21)18-26(35)27-19-31-28(39-27)33-13-11-32(4)12-14-33/h5-9,19-20,22H,10-18H2,1-4H3. The van der Waals surface area contributed by atoms with E-state index in [1.807, 2.05) is 51.2 Å². The van der Waals surface area contributed by atoms with Gasteiger partial charge in [-0.15, -0.1) is 0 Å². The Morgan fingerprint density at radius 2 is 1.92 bits per heavy atom. The topological polar surface area (TPSA) is 76.9 Å². The van der Waals surface area contributed by atoms with Crippen LogP contribution in [-0.2, 0) is 15.9 Å². The first-order chi connectivity index (χ1) is 18.7. The molecule has 2 aliphatic rings. The first-order valence-electron chi connectivity index (χ1n) is 13.7. The number of para-hydroxylation sites is 1. The molecule has 0 amide bonds. The second kappa shape index (κ2) is 11.6. The molecule has 1 saturated heterocycles. The minimum absolute atomic E-state index is 0.00785. The van der Waals surface area contributed by atoms with Crippen LogP contribution in [0.3, 0.4) is 0 Å². The van der Waals surface area contributed by atoms with Crippen LogP contribution in [0, 0.1) is 5.92 Å². The van der Waals surface area contributed by atoms with Gasteiger partial charge in [0.15, 0.2) is 10.9 Å². The number of Topliss-reactive ketones (excluding diaryl/α,β-unsaturated/α-hetero) is 1. The molecule has 2 aromatic heterocycles. The fourth-order valence-electron chi connectivity index (χ4n) is 5.25. The van der Waals surface area contributed by atoms with Crippen LogP contribution in [0.2, 0.25) is 0 Å². The molecule has 8 nitrogen and oxygen atoms in total. The van der Waals surface area contributed by atoms with E-state index in [2.05, 4.69) is 27.9 Å². The summed E-state index contributed by atoms with van der Waals surface area (Å²) in [7, 11) is 2.13. The number of thiazole rings is 1. The molecule has 5 rings (SSSR count). The van der Waals surface area contributed by atoms with Crippen molar-refractivity contribution in [2.75, 3.05) is 51.3 Å². The number of fused-ring (bicyclic) bond motifs is 1. The predicted molar refractivity (Wildman–Crippen MR) is 155 cm³/mol. The highest BCUT2D eigenvalue weighted by molar-refractivity contribution is 7.17. The Morgan fingerprint density at radius 3 is 2.64 bits per heavy atom. The van der Waals surface area contributed by atoms with Gasteiger partial charge in [0.2, 0.25) is 0 Å². The van der Waals surface area contributed by atoms with Gasteiger partial charge in [-0.1, -0.05) is 41.2 Å². The smallest absolute Gasteiger partial charge is 0.419 e. The number of hydrogen-bond donors (Lipinski definition) is 0. The Hall–Kier alpha value is -3.01. The summed E-state index contributed by atoms with van der Waals surface area (Å²) in [5.74, 6) is 0.120. The first-order valence-corrected chi connectivity index (χ1v) is 14.5. The van der Waals surface area contributed by atoms with E-state index >= 15 is 0 Å². The molecule has 1 atom stereocenters. The fraction of sp³-hybridized carbons (Fsp3) is 0.500. The highest BCUT2D eigenvalue weighted by atomic mass is 32.1. The molecular formula is C30H38N4O4S. The zero-order chi connectivity index (χ0) is 27.6. The van der Waals surface area contributed by atoms with Crippen molar-refractivity contribution in [1.29, 1.82) is 0 Å². The maximum Gasteiger partial charge on any atom is 0.419 e. The van der Waals surface area contributed by atoms with Gasteiger partial charge in [0, 0.05) is 44.2 Å². The Bertz CT molecular complexity index is 1360. The number of benzene rings is 1. The van der Waals surface area contributed by atoms with Crippen LogP contribution in [0.15, 0.2) is 48.3 Å². The van der Waals surface area contributed by atoms with E-state index in [4.69, 9.17) is 9.47 Å². The van der Waals surface area contributed by atoms with Crippen molar-refractivity contribution in [3.05, 3.63) is 58.7 Å². The summed E-state index contributed by atoms with van der Waals surface area (Å²) in [4.78, 5) is 36.5. The van der Waals surface area contributed by atoms with Crippen LogP contribution in [0.4, 0.5) is 9.93 Å². The molecule has 0 aliphatic carbocycles. The summed E-state index contributed by atoms with van der Waals surface area (Å²) in [6, 6.07) is 7.88. The summed E-state index contributed by atoms with van der Waals surface area (Å²) in [6.07, 6.45) is 7.19. The van der Waals surface area contributed by atoms with E-state index in [1.54, 1.807) is 10.8 Å². The maximum absolute atomic E-state index is 13.6. The normalized spacial score (nSPS) is 17.7. The fourth-order valence-corrected chi connectivity index (χ4v) is 6.17. The van der Waals surface area contributed by atoms with Crippen LogP contribution in [0.5, 0.6) is 0 Å². The van der Waals surface area contributed by atoms with E-state index in [-0.39, 0.29) is 11.7 Å². The quantitative estimate of drug-likeness (QED) is 0.288. The molecule has 1 fully saturated rings. The molecule has 1 unspecified atom stereocenters. The molecule has 2 aliphatic heterocycles. The van der Waals surface area contributed by atoms with Gasteiger partial charge in [0.25, 0.3) is 0 Å². The molecule has 0 bridgehead atoms. The number of carbonyl (C=O) groups is 2. The number of anilines is 1. The minimum Gasteiger partial charge on any atom is -0.443 e. The van der Waals surface area contributed by atoms with Crippen molar-refractivity contribution in [1.82, 2.24) is 14.5 Å². The minimum atomic E-state index is -0.595. The molecule has 0 spiro atoms. The highest BCUT2D eigenvalue weighted by Gasteiger charge is 2.27. The molecule has 0 N–H and O–H groups in total. The second-order valence-corrected chi connectivity index (χ2v) is 12.5. The van der Waals surface area contributed by atoms with E-state index in [1.165, 1.54) is 16.9 Å². The Balaban J connectivity index is 1.39. The van der Waals surface area contributed by atoms with Crippen molar-refractivity contribution in [2.24, 2.45) is 5.92 Å². The number of likely N-dealkylation sites (N-methyl/N-ethyl adjacent to an activating group) is 1. The van der Waals surface area contributed by atoms with Crippen molar-refractivity contribution >= 4 is 39.2 Å². The lowest BCUT2D eigenvalue weighted by atomic mass is 9.85. The van der Waals surface area contributed by atoms with E-state index in [9.17, 15) is 9.59 Å². The van der Waals surface area contributed by atoms with Crippen LogP contribution in [-0.4, -0.2) is 78.4 Å². The third kappa shape index (κ3) is 6.59. The van der Waals surface area contributed by atoms with Crippen molar-refractivity contribution < 1.29 is 19.1 Å². The molecule has 3 aromatic rings. The van der Waals surface area contributed by atoms with E-state index in [0.717, 1.165) is 54.2 Å². The van der Waals surface area contributed by atoms with Gasteiger partial charge in [-0.05, 0) is 58.2 Å². The van der Waals surface area contributed by atoms with Gasteiger partial charge < -0.3 is 19.3 Å². The highest BCUT2D eigenvalue weighted by Crippen LogP contribution is 2.33. The number of aromatic nitrogens is 2. The molecular weight excluding hydrogens is 512 g/mol. The van der Waals surface area contributed by atoms with Gasteiger partial charge in [-0.3, -0.25) is 9.36 Å². The lowest BCUT2D eigenvalue weighted by Crippen LogP contribution is -2.44. The second-order valence-electron chi connectivity index (χ2n) is 11.5. The largest absolute Gasteiger partial charge is 0.443 e. The van der Waals surface area contributed by atoms with Crippen LogP contribution in [0.25, 0.3) is 10.9 Å². The molecule has 0 radical (unpaired) electrons. The monoisotopic (exact) mass is 550 g/mol. The van der Waals surface area contributed by atoms with E-state index in [0.29, 0.717) is 30.9 Å². The summed E-state index contributed by atoms with van der Waals surface area (Å²) < 4.78 is 12.8. The predicted octanol–water partition coefficient (Wildman–Crippen LogP) is 5.41. The average molecular weight is 551 g/mol. The lowest BCUT2D eigenvalue weighted by molar-refractivity contribution is 0.0544. The van der Waals surface area contributed by atoms with Gasteiger partial charge in [0.1, 0.15) is 5.60 Å². The van der Waals surface area contributed by atoms with Crippen molar-refractivity contribution in [2.45, 2.75) is 45.6 Å². The van der Waals surface area contributed by atoms with Gasteiger partial charge in [0.05, 0.1) is 29.8 Å². The van der Waals surface area contributed by atoms with Crippen LogP contribution >= 0.6 is 11.3 Å². The number of carbonyl (C=O) groups excluding carboxylic acids is 2. The molecule has 0 saturated carbocycles. The Morgan fingerprint density at radius 1 is 1.15 bits per heavy atom. The summed E-state index contributed by atoms with van der Waals surface area (Å²) >= 11 is 1.50. The number of hydrogen-bond acceptors (Lipinski definition) is 8. The lowest BCUT2D eigenvalue weighted by Gasteiger charge is -2.32. The third-order valence-corrected chi connectivity index (χ3v) is 8.45. The summed E-state index contributed by atoms with van der Waals surface area (Å²) in [6.45, 7) is 10.7. The van der Waals surface area contributed by atoms with Gasteiger partial charge >= 0.3 is 6.09 Å². The number of rotatable bonds is 7. The maximum atomic E-state index is 13.6. The average Bonchev–Trinajstić information content (AvgIpc) is 3.54. The Labute approximate surface area is 234 Å². The molecule has 208 valence electrons.